The van der Waals surface area contributed by atoms with E-state index in [0.29, 0.717) is 24.8 Å². The summed E-state index contributed by atoms with van der Waals surface area (Å²) in [4.78, 5) is 0. The molecule has 0 aliphatic heterocycles. The van der Waals surface area contributed by atoms with Crippen molar-refractivity contribution in [2.24, 2.45) is 0 Å². The van der Waals surface area contributed by atoms with Crippen LogP contribution in [-0.2, 0) is 7.59 Å². The van der Waals surface area contributed by atoms with E-state index in [4.69, 9.17) is 7.59 Å². The second-order valence-corrected chi connectivity index (χ2v) is 2.38. The summed E-state index contributed by atoms with van der Waals surface area (Å²) in [6, 6.07) is 0. The Morgan fingerprint density at radius 2 is 2.17 bits per heavy atom. The molecule has 0 heterocycles. The molecule has 0 aromatic carbocycles. The third-order valence-electron chi connectivity index (χ3n) is 0.664. The molecule has 6 heavy (non-hydrogen) atoms. The van der Waals surface area contributed by atoms with Crippen molar-refractivity contribution in [2.45, 2.75) is 13.2 Å². The normalized spacial score (nSPS) is 14.3. The monoisotopic (exact) mass is 192 g/mol. The summed E-state index contributed by atoms with van der Waals surface area (Å²) in [7, 11) is 1.64. The van der Waals surface area contributed by atoms with Gasteiger partial charge in [-0.25, -0.2) is 0 Å². The zero-order valence-corrected chi connectivity index (χ0v) is 10.1. The zero-order valence-electron chi connectivity index (χ0n) is 4.39. The Labute approximate surface area is 53.0 Å². The van der Waals surface area contributed by atoms with E-state index in [1.54, 1.807) is 7.11 Å². The van der Waals surface area contributed by atoms with Gasteiger partial charge >= 0.3 is 52.7 Å². The molecule has 0 aliphatic rings. The average Bonchev–Trinajstić information content (AvgIpc) is 1.65. The van der Waals surface area contributed by atoms with Crippen molar-refractivity contribution in [3.05, 3.63) is 0 Å². The summed E-state index contributed by atoms with van der Waals surface area (Å²) in [5, 5.41) is 0. The van der Waals surface area contributed by atoms with E-state index >= 15 is 0 Å². The minimum atomic E-state index is 0.0285. The van der Waals surface area contributed by atoms with Gasteiger partial charge in [0.1, 0.15) is 0 Å². The first-order valence-corrected chi connectivity index (χ1v) is 4.20. The number of rotatable bonds is 2. The van der Waals surface area contributed by atoms with Gasteiger partial charge in [-0.15, -0.1) is 0 Å². The molecule has 0 bridgehead atoms. The Morgan fingerprint density at radius 3 is 2.17 bits per heavy atom. The first-order valence-electron chi connectivity index (χ1n) is 1.87. The van der Waals surface area contributed by atoms with Crippen LogP contribution in [0.4, 0.5) is 0 Å². The Bertz CT molecular complexity index is 28.0. The molecule has 1 unspecified atom stereocenters. The SMILES string of the molecule is COC(C)[O][InH2]. The van der Waals surface area contributed by atoms with Gasteiger partial charge in [0, 0.05) is 0 Å². The number of hydrogen-bond donors (Lipinski definition) is 0. The van der Waals surface area contributed by atoms with Crippen LogP contribution in [0, 0.1) is 0 Å². The predicted octanol–water partition coefficient (Wildman–Crippen LogP) is -0.457. The fourth-order valence-electron chi connectivity index (χ4n) is 0.0962. The molecular formula is C3H9InO2. The number of hydrogen-bond acceptors (Lipinski definition) is 2. The van der Waals surface area contributed by atoms with Crippen LogP contribution in [0.25, 0.3) is 0 Å². The quantitative estimate of drug-likeness (QED) is 0.551. The molecule has 0 radical (unpaired) electrons. The fraction of sp³-hybridized carbons (Fsp3) is 1.00. The van der Waals surface area contributed by atoms with Gasteiger partial charge in [0.25, 0.3) is 0 Å². The van der Waals surface area contributed by atoms with Gasteiger partial charge in [0.15, 0.2) is 0 Å². The third-order valence-corrected chi connectivity index (χ3v) is 2.56. The maximum atomic E-state index is 4.89. The Hall–Kier alpha value is 0.790. The second kappa shape index (κ2) is 3.96. The summed E-state index contributed by atoms with van der Waals surface area (Å²) in [5.41, 5.74) is 0. The molecule has 1 atom stereocenters. The number of methoxy groups -OCH3 is 1. The Balaban J connectivity index is 2.75. The van der Waals surface area contributed by atoms with Gasteiger partial charge < -0.3 is 0 Å². The van der Waals surface area contributed by atoms with Gasteiger partial charge in [-0.1, -0.05) is 0 Å². The molecule has 0 aromatic heterocycles. The second-order valence-electron chi connectivity index (χ2n) is 1.04. The van der Waals surface area contributed by atoms with Crippen molar-refractivity contribution < 1.29 is 7.59 Å². The Kier molecular flexibility index (Phi) is 4.48. The van der Waals surface area contributed by atoms with E-state index in [1.807, 2.05) is 6.92 Å². The first kappa shape index (κ1) is 6.79. The minimum absolute atomic E-state index is 0.0285. The van der Waals surface area contributed by atoms with E-state index in [0.717, 1.165) is 0 Å². The van der Waals surface area contributed by atoms with E-state index < -0.39 is 0 Å². The van der Waals surface area contributed by atoms with E-state index in [9.17, 15) is 0 Å². The summed E-state index contributed by atoms with van der Waals surface area (Å²) in [6.07, 6.45) is 0.0285. The molecule has 0 rings (SSSR count). The van der Waals surface area contributed by atoms with Gasteiger partial charge in [0.05, 0.1) is 0 Å². The predicted molar refractivity (Wildman–Crippen MR) is 26.1 cm³/mol. The summed E-state index contributed by atoms with van der Waals surface area (Å²) >= 11 is 0.323. The molecule has 36 valence electrons. The summed E-state index contributed by atoms with van der Waals surface area (Å²) in [5.74, 6) is 0. The number of ether oxygens (including phenoxy) is 1. The molecule has 0 aliphatic carbocycles. The fourth-order valence-corrected chi connectivity index (χ4v) is 0.645. The average molecular weight is 192 g/mol. The molecule has 0 N–H and O–H groups in total. The first-order chi connectivity index (χ1) is 2.81. The van der Waals surface area contributed by atoms with E-state index in [-0.39, 0.29) is 6.29 Å². The van der Waals surface area contributed by atoms with Gasteiger partial charge in [-0.2, -0.15) is 0 Å². The molecular weight excluding hydrogens is 183 g/mol. The van der Waals surface area contributed by atoms with Crippen LogP contribution in [0.1, 0.15) is 6.92 Å². The van der Waals surface area contributed by atoms with Gasteiger partial charge in [-0.3, -0.25) is 0 Å². The van der Waals surface area contributed by atoms with Crippen LogP contribution in [-0.4, -0.2) is 38.2 Å². The zero-order chi connectivity index (χ0) is 4.99. The molecule has 2 nitrogen and oxygen atoms in total. The molecule has 0 saturated carbocycles. The van der Waals surface area contributed by atoms with Crippen molar-refractivity contribution in [3.63, 3.8) is 0 Å². The van der Waals surface area contributed by atoms with Crippen molar-refractivity contribution in [3.8, 4) is 0 Å². The summed E-state index contributed by atoms with van der Waals surface area (Å²) < 4.78 is 9.62. The van der Waals surface area contributed by atoms with Crippen LogP contribution in [0.2, 0.25) is 0 Å². The van der Waals surface area contributed by atoms with Crippen LogP contribution < -0.4 is 0 Å². The van der Waals surface area contributed by atoms with Gasteiger partial charge in [0.2, 0.25) is 0 Å². The van der Waals surface area contributed by atoms with E-state index in [1.165, 1.54) is 0 Å². The van der Waals surface area contributed by atoms with Crippen LogP contribution in [0.5, 0.6) is 0 Å². The maximum absolute atomic E-state index is 4.89. The van der Waals surface area contributed by atoms with Crippen LogP contribution in [0.3, 0.4) is 0 Å². The van der Waals surface area contributed by atoms with Gasteiger partial charge in [-0.05, 0) is 0 Å². The molecule has 0 fully saturated rings. The van der Waals surface area contributed by atoms with E-state index in [2.05, 4.69) is 0 Å². The van der Waals surface area contributed by atoms with Crippen molar-refractivity contribution >= 4 is 24.8 Å². The third kappa shape index (κ3) is 3.00. The molecule has 0 saturated heterocycles. The Morgan fingerprint density at radius 1 is 1.67 bits per heavy atom. The molecule has 0 amide bonds. The van der Waals surface area contributed by atoms with Crippen molar-refractivity contribution in [1.82, 2.24) is 0 Å². The molecule has 0 aromatic rings. The van der Waals surface area contributed by atoms with Crippen LogP contribution >= 0.6 is 0 Å². The summed E-state index contributed by atoms with van der Waals surface area (Å²) in [6.45, 7) is 1.89. The van der Waals surface area contributed by atoms with Crippen molar-refractivity contribution in [2.75, 3.05) is 7.11 Å². The molecule has 0 spiro atoms. The van der Waals surface area contributed by atoms with Crippen LogP contribution in [0.15, 0.2) is 0 Å². The van der Waals surface area contributed by atoms with Crippen molar-refractivity contribution in [1.29, 1.82) is 0 Å². The topological polar surface area (TPSA) is 18.5 Å². The standard InChI is InChI=1S/C3H7O2.In.2H/c1-3(4)5-2;;;/h3H,1-2H3;;;/q-1;+1;;. The molecule has 3 heteroatoms.